The number of hydrogen-bond acceptors (Lipinski definition) is 5. The molecule has 0 N–H and O–H groups in total. The van der Waals surface area contributed by atoms with Crippen molar-refractivity contribution < 1.29 is 19.2 Å². The van der Waals surface area contributed by atoms with Crippen molar-refractivity contribution in [2.75, 3.05) is 13.7 Å². The molecule has 7 nitrogen and oxygen atoms in total. The van der Waals surface area contributed by atoms with E-state index in [-0.39, 0.29) is 17.2 Å². The number of carbonyl (C=O) groups is 2. The first kappa shape index (κ1) is 15.0. The summed E-state index contributed by atoms with van der Waals surface area (Å²) in [4.78, 5) is 36.0. The van der Waals surface area contributed by atoms with Crippen molar-refractivity contribution in [3.63, 3.8) is 0 Å². The lowest BCUT2D eigenvalue weighted by Gasteiger charge is -2.23. The Morgan fingerprint density at radius 2 is 2.14 bits per heavy atom. The zero-order valence-electron chi connectivity index (χ0n) is 11.9. The van der Waals surface area contributed by atoms with Crippen molar-refractivity contribution in [2.24, 2.45) is 0 Å². The maximum absolute atomic E-state index is 12.6. The Morgan fingerprint density at radius 3 is 2.76 bits per heavy atom. The molecule has 0 aliphatic carbocycles. The number of amides is 1. The highest BCUT2D eigenvalue weighted by Gasteiger charge is 2.36. The van der Waals surface area contributed by atoms with E-state index in [1.807, 2.05) is 0 Å². The van der Waals surface area contributed by atoms with Gasteiger partial charge in [-0.2, -0.15) is 0 Å². The number of nitro benzene ring substituents is 1. The van der Waals surface area contributed by atoms with E-state index in [9.17, 15) is 19.7 Å². The number of esters is 1. The van der Waals surface area contributed by atoms with E-state index in [1.54, 1.807) is 6.92 Å². The largest absolute Gasteiger partial charge is 0.467 e. The van der Waals surface area contributed by atoms with Crippen LogP contribution in [0.5, 0.6) is 0 Å². The number of carbonyl (C=O) groups excluding carboxylic acids is 2. The molecule has 1 aliphatic heterocycles. The van der Waals surface area contributed by atoms with Gasteiger partial charge in [-0.1, -0.05) is 6.07 Å². The molecule has 0 saturated carbocycles. The van der Waals surface area contributed by atoms with E-state index in [1.165, 1.54) is 30.2 Å². The highest BCUT2D eigenvalue weighted by Crippen LogP contribution is 2.24. The highest BCUT2D eigenvalue weighted by atomic mass is 16.6. The molecule has 0 radical (unpaired) electrons. The second-order valence-corrected chi connectivity index (χ2v) is 4.94. The lowest BCUT2D eigenvalue weighted by atomic mass is 10.1. The van der Waals surface area contributed by atoms with Gasteiger partial charge in [0.25, 0.3) is 11.6 Å². The Hall–Kier alpha value is -2.44. The molecule has 1 heterocycles. The fourth-order valence-corrected chi connectivity index (χ4v) is 2.50. The first-order valence-corrected chi connectivity index (χ1v) is 6.59. The third-order valence-electron chi connectivity index (χ3n) is 3.65. The summed E-state index contributed by atoms with van der Waals surface area (Å²) in [7, 11) is 1.28. The van der Waals surface area contributed by atoms with Crippen LogP contribution in [0.2, 0.25) is 0 Å². The third kappa shape index (κ3) is 2.86. The van der Waals surface area contributed by atoms with Gasteiger partial charge in [-0.3, -0.25) is 14.9 Å². The maximum Gasteiger partial charge on any atom is 0.328 e. The lowest BCUT2D eigenvalue weighted by molar-refractivity contribution is -0.384. The van der Waals surface area contributed by atoms with Crippen LogP contribution >= 0.6 is 0 Å². The van der Waals surface area contributed by atoms with Crippen LogP contribution in [0.4, 0.5) is 5.69 Å². The molecule has 1 unspecified atom stereocenters. The second kappa shape index (κ2) is 5.90. The van der Waals surface area contributed by atoms with Crippen LogP contribution in [0.3, 0.4) is 0 Å². The fourth-order valence-electron chi connectivity index (χ4n) is 2.50. The number of aryl methyl sites for hydroxylation is 1. The van der Waals surface area contributed by atoms with Gasteiger partial charge in [0.15, 0.2) is 0 Å². The first-order chi connectivity index (χ1) is 9.95. The van der Waals surface area contributed by atoms with Gasteiger partial charge in [-0.25, -0.2) is 4.79 Å². The molecule has 1 saturated heterocycles. The monoisotopic (exact) mass is 292 g/mol. The summed E-state index contributed by atoms with van der Waals surface area (Å²) < 4.78 is 4.70. The summed E-state index contributed by atoms with van der Waals surface area (Å²) in [5.41, 5.74) is 0.749. The van der Waals surface area contributed by atoms with Gasteiger partial charge in [-0.05, 0) is 25.3 Å². The molecule has 1 amide bonds. The number of nitrogens with zero attached hydrogens (tertiary/aromatic N) is 2. The minimum atomic E-state index is -0.610. The summed E-state index contributed by atoms with van der Waals surface area (Å²) in [6.07, 6.45) is 1.26. The van der Waals surface area contributed by atoms with E-state index in [0.717, 1.165) is 0 Å². The van der Waals surface area contributed by atoms with E-state index in [4.69, 9.17) is 4.74 Å². The number of non-ortho nitro benzene ring substituents is 1. The van der Waals surface area contributed by atoms with Crippen molar-refractivity contribution in [1.82, 2.24) is 4.90 Å². The Kier molecular flexibility index (Phi) is 4.21. The van der Waals surface area contributed by atoms with Crippen LogP contribution < -0.4 is 0 Å². The molecule has 21 heavy (non-hydrogen) atoms. The standard InChI is InChI=1S/C14H16N2O5/c1-9-5-6-10(16(19)20)8-11(9)13(17)15-7-3-4-12(15)14(18)21-2/h5-6,8,12H,3-4,7H2,1-2H3. The Morgan fingerprint density at radius 1 is 1.43 bits per heavy atom. The van der Waals surface area contributed by atoms with Gasteiger partial charge in [0.1, 0.15) is 6.04 Å². The molecule has 2 rings (SSSR count). The zero-order valence-corrected chi connectivity index (χ0v) is 11.9. The molecule has 1 aromatic rings. The predicted molar refractivity (Wildman–Crippen MR) is 73.9 cm³/mol. The summed E-state index contributed by atoms with van der Waals surface area (Å²) in [5, 5.41) is 10.8. The number of rotatable bonds is 3. The number of likely N-dealkylation sites (tertiary alicyclic amines) is 1. The summed E-state index contributed by atoms with van der Waals surface area (Å²) in [6, 6.07) is 3.54. The number of nitro groups is 1. The molecule has 0 bridgehead atoms. The third-order valence-corrected chi connectivity index (χ3v) is 3.65. The molecular weight excluding hydrogens is 276 g/mol. The molecule has 0 spiro atoms. The predicted octanol–water partition coefficient (Wildman–Crippen LogP) is 1.68. The van der Waals surface area contributed by atoms with Gasteiger partial charge >= 0.3 is 5.97 Å². The number of hydrogen-bond donors (Lipinski definition) is 0. The number of methoxy groups -OCH3 is 1. The molecule has 7 heteroatoms. The van der Waals surface area contributed by atoms with Gasteiger partial charge in [0.05, 0.1) is 12.0 Å². The van der Waals surface area contributed by atoms with Crippen LogP contribution in [0.25, 0.3) is 0 Å². The quantitative estimate of drug-likeness (QED) is 0.480. The SMILES string of the molecule is COC(=O)C1CCCN1C(=O)c1cc([N+](=O)[O-])ccc1C. The van der Waals surface area contributed by atoms with Crippen molar-refractivity contribution in [3.8, 4) is 0 Å². The lowest BCUT2D eigenvalue weighted by Crippen LogP contribution is -2.41. The average molecular weight is 292 g/mol. The van der Waals surface area contributed by atoms with Gasteiger partial charge < -0.3 is 9.64 Å². The molecular formula is C14H16N2O5. The van der Waals surface area contributed by atoms with E-state index >= 15 is 0 Å². The summed E-state index contributed by atoms with van der Waals surface area (Å²) in [6.45, 7) is 2.15. The Bertz CT molecular complexity index is 599. The molecule has 1 fully saturated rings. The Labute approximate surface area is 121 Å². The molecule has 1 aliphatic rings. The topological polar surface area (TPSA) is 89.8 Å². The van der Waals surface area contributed by atoms with Crippen molar-refractivity contribution in [2.45, 2.75) is 25.8 Å². The van der Waals surface area contributed by atoms with Gasteiger partial charge in [-0.15, -0.1) is 0 Å². The van der Waals surface area contributed by atoms with Crippen LogP contribution in [0, 0.1) is 17.0 Å². The second-order valence-electron chi connectivity index (χ2n) is 4.94. The van der Waals surface area contributed by atoms with Gasteiger partial charge in [0.2, 0.25) is 0 Å². The minimum absolute atomic E-state index is 0.141. The average Bonchev–Trinajstić information content (AvgIpc) is 2.95. The maximum atomic E-state index is 12.6. The number of ether oxygens (including phenoxy) is 1. The fraction of sp³-hybridized carbons (Fsp3) is 0.429. The summed E-state index contributed by atoms with van der Waals surface area (Å²) >= 11 is 0. The van der Waals surface area contributed by atoms with Crippen LogP contribution in [-0.2, 0) is 9.53 Å². The molecule has 1 aromatic carbocycles. The first-order valence-electron chi connectivity index (χ1n) is 6.59. The van der Waals surface area contributed by atoms with Crippen LogP contribution in [0.1, 0.15) is 28.8 Å². The van der Waals surface area contributed by atoms with Gasteiger partial charge in [0, 0.05) is 24.2 Å². The van der Waals surface area contributed by atoms with E-state index < -0.39 is 16.9 Å². The number of benzene rings is 1. The molecule has 0 aromatic heterocycles. The van der Waals surface area contributed by atoms with Crippen molar-refractivity contribution >= 4 is 17.6 Å². The van der Waals surface area contributed by atoms with Crippen molar-refractivity contribution in [3.05, 3.63) is 39.4 Å². The van der Waals surface area contributed by atoms with Crippen LogP contribution in [0.15, 0.2) is 18.2 Å². The zero-order chi connectivity index (χ0) is 15.6. The smallest absolute Gasteiger partial charge is 0.328 e. The molecule has 112 valence electrons. The normalized spacial score (nSPS) is 17.6. The van der Waals surface area contributed by atoms with E-state index in [0.29, 0.717) is 24.9 Å². The molecule has 1 atom stereocenters. The van der Waals surface area contributed by atoms with Crippen molar-refractivity contribution in [1.29, 1.82) is 0 Å². The minimum Gasteiger partial charge on any atom is -0.467 e. The highest BCUT2D eigenvalue weighted by molar-refractivity contribution is 5.98. The Balaban J connectivity index is 2.33. The van der Waals surface area contributed by atoms with E-state index in [2.05, 4.69) is 0 Å². The summed E-state index contributed by atoms with van der Waals surface area (Å²) in [5.74, 6) is -0.826. The van der Waals surface area contributed by atoms with Crippen LogP contribution in [-0.4, -0.2) is 41.4 Å².